The number of hydrogen-bond acceptors (Lipinski definition) is 8. The first kappa shape index (κ1) is 18.6. The van der Waals surface area contributed by atoms with Gasteiger partial charge in [0.25, 0.3) is 0 Å². The summed E-state index contributed by atoms with van der Waals surface area (Å²) >= 11 is 0. The molecule has 0 atom stereocenters. The van der Waals surface area contributed by atoms with Crippen molar-refractivity contribution in [2.24, 2.45) is 0 Å². The van der Waals surface area contributed by atoms with Crippen molar-refractivity contribution < 1.29 is 22.2 Å². The van der Waals surface area contributed by atoms with Crippen molar-refractivity contribution in [1.82, 2.24) is 19.6 Å². The Balaban J connectivity index is 1.26. The molecule has 10 heteroatoms. The topological polar surface area (TPSA) is 112 Å². The fourth-order valence-corrected chi connectivity index (χ4v) is 5.15. The molecule has 27 heavy (non-hydrogen) atoms. The van der Waals surface area contributed by atoms with E-state index in [2.05, 4.69) is 15.3 Å². The highest BCUT2D eigenvalue weighted by Crippen LogP contribution is 2.38. The van der Waals surface area contributed by atoms with Crippen molar-refractivity contribution in [2.75, 3.05) is 19.7 Å². The molecule has 0 aromatic carbocycles. The molecule has 0 unspecified atom stereocenters. The Morgan fingerprint density at radius 2 is 1.85 bits per heavy atom. The molecule has 1 aliphatic heterocycles. The molecule has 9 nitrogen and oxygen atoms in total. The highest BCUT2D eigenvalue weighted by Gasteiger charge is 2.34. The van der Waals surface area contributed by atoms with Crippen LogP contribution in [0.15, 0.2) is 13.9 Å². The zero-order valence-corrected chi connectivity index (χ0v) is 16.4. The first-order valence-corrected chi connectivity index (χ1v) is 10.8. The molecule has 3 heterocycles. The average molecular weight is 396 g/mol. The number of aromatic nitrogens is 3. The first-order chi connectivity index (χ1) is 12.9. The van der Waals surface area contributed by atoms with Crippen LogP contribution in [-0.4, -0.2) is 53.8 Å². The maximum Gasteiger partial charge on any atom is 0.248 e. The summed E-state index contributed by atoms with van der Waals surface area (Å²) in [5.41, 5.74) is 0.400. The molecule has 2 aliphatic rings. The van der Waals surface area contributed by atoms with Gasteiger partial charge in [0.1, 0.15) is 10.6 Å². The first-order valence-electron chi connectivity index (χ1n) is 9.32. The van der Waals surface area contributed by atoms with E-state index >= 15 is 0 Å². The molecule has 2 fully saturated rings. The van der Waals surface area contributed by atoms with Crippen molar-refractivity contribution >= 4 is 10.0 Å². The van der Waals surface area contributed by atoms with Crippen molar-refractivity contribution in [3.8, 4) is 0 Å². The van der Waals surface area contributed by atoms with Gasteiger partial charge >= 0.3 is 0 Å². The molecule has 1 saturated carbocycles. The Morgan fingerprint density at radius 3 is 2.48 bits per heavy atom. The Bertz CT molecular complexity index is 875. The predicted molar refractivity (Wildman–Crippen MR) is 93.7 cm³/mol. The summed E-state index contributed by atoms with van der Waals surface area (Å²) in [7, 11) is -3.58. The van der Waals surface area contributed by atoms with Gasteiger partial charge in [0.05, 0.1) is 12.7 Å². The number of nitrogens with zero attached hydrogens (tertiary/aromatic N) is 4. The van der Waals surface area contributed by atoms with E-state index in [0.717, 1.165) is 18.7 Å². The Kier molecular flexibility index (Phi) is 5.04. The molecule has 0 bridgehead atoms. The monoisotopic (exact) mass is 396 g/mol. The summed E-state index contributed by atoms with van der Waals surface area (Å²) in [6, 6.07) is 0. The van der Waals surface area contributed by atoms with Gasteiger partial charge in [-0.3, -0.25) is 0 Å². The minimum atomic E-state index is -3.58. The lowest BCUT2D eigenvalue weighted by Crippen LogP contribution is -2.41. The second kappa shape index (κ2) is 7.33. The smallest absolute Gasteiger partial charge is 0.248 e. The number of piperidine rings is 1. The van der Waals surface area contributed by atoms with E-state index in [0.29, 0.717) is 62.2 Å². The number of ether oxygens (including phenoxy) is 1. The standard InChI is InChI=1S/C17H24N4O5S/c1-11-16(12(2)25-19-11)27(22,23)21-8-5-14(6-9-21)24-10-7-15-18-17(26-20-15)13-3-4-13/h13-14H,3-10H2,1-2H3. The molecular formula is C17H24N4O5S. The van der Waals surface area contributed by atoms with Crippen LogP contribution in [0.2, 0.25) is 0 Å². The second-order valence-electron chi connectivity index (χ2n) is 7.20. The van der Waals surface area contributed by atoms with Gasteiger partial charge in [0.2, 0.25) is 15.9 Å². The van der Waals surface area contributed by atoms with Gasteiger partial charge in [-0.05, 0) is 39.5 Å². The van der Waals surface area contributed by atoms with E-state index in [-0.39, 0.29) is 11.0 Å². The third-order valence-electron chi connectivity index (χ3n) is 5.06. The fraction of sp³-hybridized carbons (Fsp3) is 0.706. The normalized spacial score (nSPS) is 19.6. The summed E-state index contributed by atoms with van der Waals surface area (Å²) in [5, 5.41) is 7.73. The lowest BCUT2D eigenvalue weighted by Gasteiger charge is -2.31. The molecule has 0 amide bonds. The van der Waals surface area contributed by atoms with Gasteiger partial charge in [-0.25, -0.2) is 8.42 Å². The SMILES string of the molecule is Cc1noc(C)c1S(=O)(=O)N1CCC(OCCc2noc(C3CC3)n2)CC1. The number of rotatable bonds is 7. The van der Waals surface area contributed by atoms with Crippen LogP contribution in [0.3, 0.4) is 0 Å². The van der Waals surface area contributed by atoms with E-state index in [1.165, 1.54) is 4.31 Å². The zero-order chi connectivity index (χ0) is 19.0. The van der Waals surface area contributed by atoms with Crippen LogP contribution in [0.25, 0.3) is 0 Å². The molecule has 0 spiro atoms. The Labute approximate surface area is 158 Å². The average Bonchev–Trinajstić information content (AvgIpc) is 3.29. The molecule has 1 saturated heterocycles. The minimum Gasteiger partial charge on any atom is -0.378 e. The van der Waals surface area contributed by atoms with E-state index in [4.69, 9.17) is 13.8 Å². The quantitative estimate of drug-likeness (QED) is 0.698. The van der Waals surface area contributed by atoms with Crippen LogP contribution in [0.1, 0.15) is 54.8 Å². The van der Waals surface area contributed by atoms with E-state index in [1.54, 1.807) is 13.8 Å². The summed E-state index contributed by atoms with van der Waals surface area (Å²) in [5.74, 6) is 2.20. The van der Waals surface area contributed by atoms with Crippen LogP contribution in [0, 0.1) is 13.8 Å². The minimum absolute atomic E-state index is 0.0379. The van der Waals surface area contributed by atoms with Gasteiger partial charge in [0.15, 0.2) is 11.6 Å². The van der Waals surface area contributed by atoms with Crippen LogP contribution in [0.4, 0.5) is 0 Å². The molecule has 148 valence electrons. The second-order valence-corrected chi connectivity index (χ2v) is 9.08. The van der Waals surface area contributed by atoms with Crippen LogP contribution in [-0.2, 0) is 21.2 Å². The van der Waals surface area contributed by atoms with Gasteiger partial charge in [0, 0.05) is 25.4 Å². The molecule has 0 radical (unpaired) electrons. The maximum atomic E-state index is 12.8. The maximum absolute atomic E-state index is 12.8. The summed E-state index contributed by atoms with van der Waals surface area (Å²) in [4.78, 5) is 4.57. The molecule has 2 aromatic heterocycles. The van der Waals surface area contributed by atoms with E-state index < -0.39 is 10.0 Å². The predicted octanol–water partition coefficient (Wildman–Crippen LogP) is 1.96. The molecule has 2 aromatic rings. The summed E-state index contributed by atoms with van der Waals surface area (Å²) in [6.45, 7) is 4.61. The highest BCUT2D eigenvalue weighted by molar-refractivity contribution is 7.89. The van der Waals surface area contributed by atoms with E-state index in [1.807, 2.05) is 0 Å². The number of aryl methyl sites for hydroxylation is 2. The Morgan fingerprint density at radius 1 is 1.11 bits per heavy atom. The van der Waals surface area contributed by atoms with Gasteiger partial charge in [-0.1, -0.05) is 10.3 Å². The zero-order valence-electron chi connectivity index (χ0n) is 15.5. The largest absolute Gasteiger partial charge is 0.378 e. The summed E-state index contributed by atoms with van der Waals surface area (Å²) in [6.07, 6.45) is 4.22. The van der Waals surface area contributed by atoms with Crippen molar-refractivity contribution in [2.45, 2.75) is 62.9 Å². The van der Waals surface area contributed by atoms with Crippen LogP contribution in [0.5, 0.6) is 0 Å². The van der Waals surface area contributed by atoms with E-state index in [9.17, 15) is 8.42 Å². The fourth-order valence-electron chi connectivity index (χ4n) is 3.39. The molecule has 0 N–H and O–H groups in total. The van der Waals surface area contributed by atoms with Crippen LogP contribution >= 0.6 is 0 Å². The number of sulfonamides is 1. The van der Waals surface area contributed by atoms with Crippen molar-refractivity contribution in [3.63, 3.8) is 0 Å². The molecular weight excluding hydrogens is 372 g/mol. The van der Waals surface area contributed by atoms with Crippen LogP contribution < -0.4 is 0 Å². The lowest BCUT2D eigenvalue weighted by atomic mass is 10.1. The molecule has 1 aliphatic carbocycles. The third kappa shape index (κ3) is 3.92. The van der Waals surface area contributed by atoms with Gasteiger partial charge in [-0.2, -0.15) is 9.29 Å². The molecule has 4 rings (SSSR count). The lowest BCUT2D eigenvalue weighted by molar-refractivity contribution is 0.0222. The number of hydrogen-bond donors (Lipinski definition) is 0. The van der Waals surface area contributed by atoms with Crippen molar-refractivity contribution in [1.29, 1.82) is 0 Å². The summed E-state index contributed by atoms with van der Waals surface area (Å²) < 4.78 is 43.3. The van der Waals surface area contributed by atoms with Gasteiger partial charge in [-0.15, -0.1) is 0 Å². The third-order valence-corrected chi connectivity index (χ3v) is 7.20. The Hall–Kier alpha value is -1.78. The van der Waals surface area contributed by atoms with Crippen molar-refractivity contribution in [3.05, 3.63) is 23.2 Å². The highest BCUT2D eigenvalue weighted by atomic mass is 32.2. The van der Waals surface area contributed by atoms with Gasteiger partial charge < -0.3 is 13.8 Å².